The van der Waals surface area contributed by atoms with Gasteiger partial charge >= 0.3 is 0 Å². The second-order valence-corrected chi connectivity index (χ2v) is 9.79. The smallest absolute Gasteiger partial charge is 0.164 e. The monoisotopic (exact) mass is 454 g/mol. The molecule has 3 aromatic heterocycles. The van der Waals surface area contributed by atoms with E-state index in [0.29, 0.717) is 30.1 Å². The van der Waals surface area contributed by atoms with Gasteiger partial charge in [-0.25, -0.2) is 19.2 Å². The van der Waals surface area contributed by atoms with Crippen molar-refractivity contribution in [2.75, 3.05) is 29.3 Å². The quantitative estimate of drug-likeness (QED) is 0.531. The summed E-state index contributed by atoms with van der Waals surface area (Å²) in [6.07, 6.45) is 8.93. The predicted molar refractivity (Wildman–Crippen MR) is 124 cm³/mol. The summed E-state index contributed by atoms with van der Waals surface area (Å²) < 4.78 is 19.2. The normalized spacial score (nSPS) is 18.5. The molecule has 11 heteroatoms. The van der Waals surface area contributed by atoms with Gasteiger partial charge in [0.25, 0.3) is 0 Å². The maximum absolute atomic E-state index is 12.3. The van der Waals surface area contributed by atoms with E-state index in [1.54, 1.807) is 31.8 Å². The van der Waals surface area contributed by atoms with Gasteiger partial charge in [-0.3, -0.25) is 0 Å². The van der Waals surface area contributed by atoms with Gasteiger partial charge in [0.2, 0.25) is 0 Å². The molecule has 0 saturated heterocycles. The van der Waals surface area contributed by atoms with Crippen molar-refractivity contribution in [3.8, 4) is 11.4 Å². The van der Waals surface area contributed by atoms with E-state index in [2.05, 4.69) is 49.4 Å². The molecule has 0 spiro atoms. The molecule has 3 aromatic rings. The maximum atomic E-state index is 12.3. The number of fused-ring (bicyclic) bond motifs is 1. The van der Waals surface area contributed by atoms with Gasteiger partial charge in [-0.15, -0.1) is 0 Å². The number of hydrogen-bond acceptors (Lipinski definition) is 9. The first-order chi connectivity index (χ1) is 15.5. The lowest BCUT2D eigenvalue weighted by molar-refractivity contribution is 0.183. The van der Waals surface area contributed by atoms with E-state index < -0.39 is 11.0 Å². The average Bonchev–Trinajstić information content (AvgIpc) is 3.39. The Balaban J connectivity index is 1.36. The van der Waals surface area contributed by atoms with Gasteiger partial charge in [0.05, 0.1) is 47.4 Å². The van der Waals surface area contributed by atoms with Crippen molar-refractivity contribution in [1.29, 1.82) is 0 Å². The first-order valence-corrected chi connectivity index (χ1v) is 11.8. The first kappa shape index (κ1) is 20.8. The SMILES string of the molecule is COCC1Nc2cnc(Nc3ccnc(-c4cnn(S(=O)C5CC5)c4)n3)cc2N1C(C)C. The van der Waals surface area contributed by atoms with E-state index in [4.69, 9.17) is 4.74 Å². The molecule has 2 atom stereocenters. The number of rotatable bonds is 8. The second kappa shape index (κ2) is 8.47. The van der Waals surface area contributed by atoms with Crippen LogP contribution < -0.4 is 15.5 Å². The summed E-state index contributed by atoms with van der Waals surface area (Å²) in [6.45, 7) is 4.88. The van der Waals surface area contributed by atoms with Crippen molar-refractivity contribution in [1.82, 2.24) is 24.1 Å². The predicted octanol–water partition coefficient (Wildman–Crippen LogP) is 2.77. The Morgan fingerprint density at radius 3 is 2.88 bits per heavy atom. The van der Waals surface area contributed by atoms with Crippen LogP contribution in [0.3, 0.4) is 0 Å². The molecule has 10 nitrogen and oxygen atoms in total. The minimum absolute atomic E-state index is 0.0652. The van der Waals surface area contributed by atoms with Crippen molar-refractivity contribution < 1.29 is 8.95 Å². The summed E-state index contributed by atoms with van der Waals surface area (Å²) in [5.41, 5.74) is 2.77. The molecule has 2 N–H and O–H groups in total. The van der Waals surface area contributed by atoms with Gasteiger partial charge in [-0.2, -0.15) is 9.19 Å². The topological polar surface area (TPSA) is 110 Å². The number of pyridine rings is 1. The largest absolute Gasteiger partial charge is 0.381 e. The summed E-state index contributed by atoms with van der Waals surface area (Å²) >= 11 is 0. The first-order valence-electron chi connectivity index (χ1n) is 10.6. The van der Waals surface area contributed by atoms with Crippen LogP contribution in [0, 0.1) is 0 Å². The molecule has 1 aliphatic heterocycles. The number of nitrogens with zero attached hydrogens (tertiary/aromatic N) is 6. The number of anilines is 4. The number of methoxy groups -OCH3 is 1. The highest BCUT2D eigenvalue weighted by Crippen LogP contribution is 2.37. The fourth-order valence-electron chi connectivity index (χ4n) is 3.81. The van der Waals surface area contributed by atoms with E-state index in [-0.39, 0.29) is 11.4 Å². The van der Waals surface area contributed by atoms with Crippen molar-refractivity contribution >= 4 is 34.0 Å². The minimum atomic E-state index is -1.12. The molecule has 1 saturated carbocycles. The fourth-order valence-corrected chi connectivity index (χ4v) is 5.01. The zero-order valence-electron chi connectivity index (χ0n) is 18.2. The third-order valence-corrected chi connectivity index (χ3v) is 7.03. The lowest BCUT2D eigenvalue weighted by atomic mass is 10.2. The third-order valence-electron chi connectivity index (χ3n) is 5.42. The van der Waals surface area contributed by atoms with Crippen LogP contribution in [0.5, 0.6) is 0 Å². The molecule has 0 bridgehead atoms. The van der Waals surface area contributed by atoms with Crippen molar-refractivity contribution in [3.63, 3.8) is 0 Å². The molecular formula is C21H26N8O2S. The number of nitrogens with one attached hydrogen (secondary N) is 2. The van der Waals surface area contributed by atoms with E-state index in [9.17, 15) is 4.21 Å². The molecule has 168 valence electrons. The lowest BCUT2D eigenvalue weighted by Gasteiger charge is -2.30. The third kappa shape index (κ3) is 4.05. The summed E-state index contributed by atoms with van der Waals surface area (Å²) in [4.78, 5) is 15.8. The van der Waals surface area contributed by atoms with E-state index in [0.717, 1.165) is 29.8 Å². The Kier molecular flexibility index (Phi) is 5.51. The number of hydrogen-bond donors (Lipinski definition) is 2. The van der Waals surface area contributed by atoms with Crippen LogP contribution in [0.2, 0.25) is 0 Å². The van der Waals surface area contributed by atoms with Crippen molar-refractivity contribution in [2.45, 2.75) is 44.1 Å². The Labute approximate surface area is 189 Å². The van der Waals surface area contributed by atoms with Crippen LogP contribution in [0.15, 0.2) is 36.9 Å². The second-order valence-electron chi connectivity index (χ2n) is 8.20. The van der Waals surface area contributed by atoms with Crippen LogP contribution in [0.4, 0.5) is 23.0 Å². The molecular weight excluding hydrogens is 428 g/mol. The Bertz CT molecular complexity index is 1150. The molecule has 4 heterocycles. The van der Waals surface area contributed by atoms with Crippen molar-refractivity contribution in [3.05, 3.63) is 36.9 Å². The number of aromatic nitrogens is 5. The Morgan fingerprint density at radius 1 is 1.28 bits per heavy atom. The maximum Gasteiger partial charge on any atom is 0.164 e. The molecule has 0 radical (unpaired) electrons. The van der Waals surface area contributed by atoms with Crippen LogP contribution in [-0.4, -0.2) is 59.5 Å². The fraction of sp³-hybridized carbons (Fsp3) is 0.429. The molecule has 1 fully saturated rings. The molecule has 0 aromatic carbocycles. The molecule has 1 aliphatic carbocycles. The van der Waals surface area contributed by atoms with Crippen LogP contribution >= 0.6 is 0 Å². The van der Waals surface area contributed by atoms with E-state index in [1.165, 1.54) is 4.09 Å². The number of ether oxygens (including phenoxy) is 1. The van der Waals surface area contributed by atoms with Gasteiger partial charge in [0, 0.05) is 25.4 Å². The van der Waals surface area contributed by atoms with Gasteiger partial charge < -0.3 is 20.3 Å². The van der Waals surface area contributed by atoms with Crippen LogP contribution in [-0.2, 0) is 15.7 Å². The van der Waals surface area contributed by atoms with E-state index in [1.807, 2.05) is 12.3 Å². The van der Waals surface area contributed by atoms with Gasteiger partial charge in [0.1, 0.15) is 28.8 Å². The summed E-state index contributed by atoms with van der Waals surface area (Å²) in [5, 5.41) is 11.2. The lowest BCUT2D eigenvalue weighted by Crippen LogP contribution is -2.43. The van der Waals surface area contributed by atoms with Gasteiger partial charge in [-0.05, 0) is 32.8 Å². The molecule has 5 rings (SSSR count). The molecule has 32 heavy (non-hydrogen) atoms. The summed E-state index contributed by atoms with van der Waals surface area (Å²) in [5.74, 6) is 1.82. The highest BCUT2D eigenvalue weighted by Gasteiger charge is 2.31. The zero-order chi connectivity index (χ0) is 22.2. The highest BCUT2D eigenvalue weighted by molar-refractivity contribution is 7.84. The zero-order valence-corrected chi connectivity index (χ0v) is 19.0. The average molecular weight is 455 g/mol. The van der Waals surface area contributed by atoms with Crippen molar-refractivity contribution in [2.24, 2.45) is 0 Å². The van der Waals surface area contributed by atoms with Crippen LogP contribution in [0.1, 0.15) is 26.7 Å². The van der Waals surface area contributed by atoms with Gasteiger partial charge in [-0.1, -0.05) is 0 Å². The van der Waals surface area contributed by atoms with Gasteiger partial charge in [0.15, 0.2) is 5.82 Å². The summed E-state index contributed by atoms with van der Waals surface area (Å²) in [6, 6.07) is 4.09. The molecule has 2 unspecified atom stereocenters. The molecule has 0 amide bonds. The highest BCUT2D eigenvalue weighted by atomic mass is 32.2. The molecule has 2 aliphatic rings. The van der Waals surface area contributed by atoms with Crippen LogP contribution in [0.25, 0.3) is 11.4 Å². The Morgan fingerprint density at radius 2 is 2.12 bits per heavy atom. The standard InChI is InChI=1S/C21H26N8O2S/c1-13(2)29-17-8-19(23-10-16(17)25-20(29)12-31-3)26-18-6-7-22-21(27-18)14-9-24-28(11-14)32(30)15-4-5-15/h6-11,13,15,20,25H,4-5,12H2,1-3H3,(H,22,23,26,27). The minimum Gasteiger partial charge on any atom is -0.381 e. The van der Waals surface area contributed by atoms with E-state index >= 15 is 0 Å². The Hall–Kier alpha value is -3.05. The summed E-state index contributed by atoms with van der Waals surface area (Å²) in [7, 11) is 0.582.